The van der Waals surface area contributed by atoms with Crippen LogP contribution in [0.3, 0.4) is 0 Å². The molecular formula is C10H15NO3S. The van der Waals surface area contributed by atoms with Crippen molar-refractivity contribution < 1.29 is 14.3 Å². The van der Waals surface area contributed by atoms with Gasteiger partial charge in [-0.05, 0) is 18.4 Å². The Morgan fingerprint density at radius 1 is 1.53 bits per heavy atom. The van der Waals surface area contributed by atoms with E-state index in [1.165, 1.54) is 0 Å². The Hall–Kier alpha value is -0.940. The molecule has 5 heteroatoms. The first-order valence-corrected chi connectivity index (χ1v) is 6.11. The highest BCUT2D eigenvalue weighted by atomic mass is 32.2. The summed E-state index contributed by atoms with van der Waals surface area (Å²) in [5.41, 5.74) is 0. The molecule has 1 heterocycles. The number of hydrogen-bond acceptors (Lipinski definition) is 4. The Kier molecular flexibility index (Phi) is 5.28. The SMILES string of the molecule is CSCc1ccc(CNCCC(=O)O)o1. The maximum Gasteiger partial charge on any atom is 0.304 e. The molecule has 0 fully saturated rings. The average molecular weight is 229 g/mol. The summed E-state index contributed by atoms with van der Waals surface area (Å²) >= 11 is 1.71. The second kappa shape index (κ2) is 6.53. The second-order valence-corrected chi connectivity index (χ2v) is 3.99. The highest BCUT2D eigenvalue weighted by Gasteiger charge is 2.01. The lowest BCUT2D eigenvalue weighted by Gasteiger charge is -1.99. The van der Waals surface area contributed by atoms with Crippen LogP contribution in [-0.2, 0) is 17.1 Å². The number of nitrogens with one attached hydrogen (secondary N) is 1. The summed E-state index contributed by atoms with van der Waals surface area (Å²) in [6.07, 6.45) is 2.16. The molecule has 15 heavy (non-hydrogen) atoms. The lowest BCUT2D eigenvalue weighted by atomic mass is 10.4. The third-order valence-electron chi connectivity index (χ3n) is 1.82. The summed E-state index contributed by atoms with van der Waals surface area (Å²) in [5.74, 6) is 1.89. The van der Waals surface area contributed by atoms with E-state index < -0.39 is 5.97 Å². The molecule has 4 nitrogen and oxygen atoms in total. The average Bonchev–Trinajstić information content (AvgIpc) is 2.61. The molecule has 0 atom stereocenters. The smallest absolute Gasteiger partial charge is 0.304 e. The number of aliphatic carboxylic acids is 1. The van der Waals surface area contributed by atoms with Gasteiger partial charge in [-0.2, -0.15) is 11.8 Å². The van der Waals surface area contributed by atoms with Gasteiger partial charge in [-0.15, -0.1) is 0 Å². The molecule has 0 saturated carbocycles. The van der Waals surface area contributed by atoms with Crippen molar-refractivity contribution in [2.24, 2.45) is 0 Å². The molecule has 0 spiro atoms. The highest BCUT2D eigenvalue weighted by molar-refractivity contribution is 7.97. The summed E-state index contributed by atoms with van der Waals surface area (Å²) in [7, 11) is 0. The van der Waals surface area contributed by atoms with Gasteiger partial charge in [0, 0.05) is 6.54 Å². The first-order chi connectivity index (χ1) is 7.22. The second-order valence-electron chi connectivity index (χ2n) is 3.12. The Balaban J connectivity index is 2.22. The molecule has 0 unspecified atom stereocenters. The van der Waals surface area contributed by atoms with Crippen molar-refractivity contribution >= 4 is 17.7 Å². The standard InChI is InChI=1S/C10H15NO3S/c1-15-7-9-3-2-8(14-9)6-11-5-4-10(12)13/h2-3,11H,4-7H2,1H3,(H,12,13). The zero-order valence-corrected chi connectivity index (χ0v) is 9.47. The lowest BCUT2D eigenvalue weighted by Crippen LogP contribution is -2.17. The molecule has 0 amide bonds. The predicted octanol–water partition coefficient (Wildman–Crippen LogP) is 1.71. The quantitative estimate of drug-likeness (QED) is 0.697. The summed E-state index contributed by atoms with van der Waals surface area (Å²) in [6.45, 7) is 1.05. The van der Waals surface area contributed by atoms with Crippen molar-refractivity contribution in [2.75, 3.05) is 12.8 Å². The van der Waals surface area contributed by atoms with Crippen LogP contribution in [0.1, 0.15) is 17.9 Å². The Morgan fingerprint density at radius 3 is 2.93 bits per heavy atom. The Morgan fingerprint density at radius 2 is 2.27 bits per heavy atom. The molecule has 2 N–H and O–H groups in total. The van der Waals surface area contributed by atoms with E-state index in [0.717, 1.165) is 17.3 Å². The van der Waals surface area contributed by atoms with Gasteiger partial charge in [0.15, 0.2) is 0 Å². The maximum atomic E-state index is 10.2. The monoisotopic (exact) mass is 229 g/mol. The van der Waals surface area contributed by atoms with Gasteiger partial charge in [0.05, 0.1) is 18.7 Å². The molecule has 0 bridgehead atoms. The van der Waals surface area contributed by atoms with Gasteiger partial charge in [-0.1, -0.05) is 0 Å². The lowest BCUT2D eigenvalue weighted by molar-refractivity contribution is -0.136. The van der Waals surface area contributed by atoms with Crippen LogP contribution in [0.5, 0.6) is 0 Å². The minimum atomic E-state index is -0.787. The normalized spacial score (nSPS) is 10.5. The van der Waals surface area contributed by atoms with Crippen LogP contribution in [0.4, 0.5) is 0 Å². The summed E-state index contributed by atoms with van der Waals surface area (Å²) in [6, 6.07) is 3.87. The molecule has 0 radical (unpaired) electrons. The molecule has 1 aromatic rings. The number of carboxylic acids is 1. The zero-order valence-electron chi connectivity index (χ0n) is 8.66. The van der Waals surface area contributed by atoms with Crippen molar-refractivity contribution in [1.29, 1.82) is 0 Å². The van der Waals surface area contributed by atoms with Crippen molar-refractivity contribution in [2.45, 2.75) is 18.7 Å². The van der Waals surface area contributed by atoms with Gasteiger partial charge < -0.3 is 14.8 Å². The largest absolute Gasteiger partial charge is 0.481 e. The van der Waals surface area contributed by atoms with Crippen molar-refractivity contribution in [3.05, 3.63) is 23.7 Å². The van der Waals surface area contributed by atoms with Crippen LogP contribution < -0.4 is 5.32 Å². The number of rotatable bonds is 7. The number of carbonyl (C=O) groups is 1. The first-order valence-electron chi connectivity index (χ1n) is 4.71. The van der Waals surface area contributed by atoms with Gasteiger partial charge in [0.1, 0.15) is 11.5 Å². The van der Waals surface area contributed by atoms with Gasteiger partial charge in [-0.3, -0.25) is 4.79 Å². The molecule has 1 rings (SSSR count). The third kappa shape index (κ3) is 4.90. The van der Waals surface area contributed by atoms with E-state index in [0.29, 0.717) is 13.1 Å². The summed E-state index contributed by atoms with van der Waals surface area (Å²) < 4.78 is 5.50. The van der Waals surface area contributed by atoms with Gasteiger partial charge in [-0.25, -0.2) is 0 Å². The zero-order chi connectivity index (χ0) is 11.1. The van der Waals surface area contributed by atoms with Gasteiger partial charge in [0.2, 0.25) is 0 Å². The third-order valence-corrected chi connectivity index (χ3v) is 2.39. The van der Waals surface area contributed by atoms with E-state index in [-0.39, 0.29) is 6.42 Å². The summed E-state index contributed by atoms with van der Waals surface area (Å²) in [5, 5.41) is 11.4. The van der Waals surface area contributed by atoms with Crippen LogP contribution in [0, 0.1) is 0 Å². The summed E-state index contributed by atoms with van der Waals surface area (Å²) in [4.78, 5) is 10.2. The van der Waals surface area contributed by atoms with E-state index in [2.05, 4.69) is 5.32 Å². The minimum Gasteiger partial charge on any atom is -0.481 e. The minimum absolute atomic E-state index is 0.137. The molecule has 0 aliphatic heterocycles. The molecule has 0 aliphatic carbocycles. The van der Waals surface area contributed by atoms with E-state index in [1.807, 2.05) is 18.4 Å². The van der Waals surface area contributed by atoms with E-state index >= 15 is 0 Å². The molecule has 0 aliphatic rings. The van der Waals surface area contributed by atoms with Crippen LogP contribution >= 0.6 is 11.8 Å². The Bertz CT molecular complexity index is 311. The number of carboxylic acid groups (broad SMARTS) is 1. The fourth-order valence-electron chi connectivity index (χ4n) is 1.14. The molecule has 0 saturated heterocycles. The molecule has 1 aromatic heterocycles. The predicted molar refractivity (Wildman–Crippen MR) is 59.9 cm³/mol. The van der Waals surface area contributed by atoms with Crippen LogP contribution in [-0.4, -0.2) is 23.9 Å². The van der Waals surface area contributed by atoms with Crippen LogP contribution in [0.25, 0.3) is 0 Å². The molecule has 0 aromatic carbocycles. The fraction of sp³-hybridized carbons (Fsp3) is 0.500. The van der Waals surface area contributed by atoms with Crippen LogP contribution in [0.15, 0.2) is 16.5 Å². The number of hydrogen-bond donors (Lipinski definition) is 2. The molecular weight excluding hydrogens is 214 g/mol. The topological polar surface area (TPSA) is 62.5 Å². The van der Waals surface area contributed by atoms with Crippen molar-refractivity contribution in [3.63, 3.8) is 0 Å². The van der Waals surface area contributed by atoms with E-state index in [9.17, 15) is 4.79 Å². The molecule has 84 valence electrons. The van der Waals surface area contributed by atoms with Gasteiger partial charge in [0.25, 0.3) is 0 Å². The van der Waals surface area contributed by atoms with E-state index in [1.54, 1.807) is 11.8 Å². The van der Waals surface area contributed by atoms with Crippen molar-refractivity contribution in [1.82, 2.24) is 5.32 Å². The van der Waals surface area contributed by atoms with Gasteiger partial charge >= 0.3 is 5.97 Å². The number of thioether (sulfide) groups is 1. The maximum absolute atomic E-state index is 10.2. The Labute approximate surface area is 93.0 Å². The van der Waals surface area contributed by atoms with E-state index in [4.69, 9.17) is 9.52 Å². The van der Waals surface area contributed by atoms with Crippen molar-refractivity contribution in [3.8, 4) is 0 Å². The first kappa shape index (κ1) is 12.1. The highest BCUT2D eigenvalue weighted by Crippen LogP contribution is 2.12. The van der Waals surface area contributed by atoms with Crippen LogP contribution in [0.2, 0.25) is 0 Å². The fourth-order valence-corrected chi connectivity index (χ4v) is 1.58. The number of furan rings is 1.